The molecule has 282 valence electrons. The van der Waals surface area contributed by atoms with Gasteiger partial charge in [0.1, 0.15) is 20.8 Å². The molecule has 0 aliphatic carbocycles. The first-order valence-corrected chi connectivity index (χ1v) is 22.8. The molecular weight excluding hydrogens is 748 g/mol. The van der Waals surface area contributed by atoms with Crippen molar-refractivity contribution in [2.45, 2.75) is 182 Å². The van der Waals surface area contributed by atoms with Gasteiger partial charge in [0.2, 0.25) is 0 Å². The highest BCUT2D eigenvalue weighted by molar-refractivity contribution is 9.12. The Bertz CT molecular complexity index is 826. The minimum atomic E-state index is -0.338. The lowest BCUT2D eigenvalue weighted by Crippen LogP contribution is -2.43. The number of thiophene rings is 1. The van der Waals surface area contributed by atoms with Crippen molar-refractivity contribution in [1.29, 1.82) is 0 Å². The Labute approximate surface area is 318 Å². The number of hydrogen-bond donors (Lipinski definition) is 0. The molecule has 0 fully saturated rings. The number of rotatable bonds is 32. The minimum absolute atomic E-state index is 0.338. The van der Waals surface area contributed by atoms with Crippen LogP contribution in [0.3, 0.4) is 0 Å². The third-order valence-corrected chi connectivity index (χ3v) is 12.6. The van der Waals surface area contributed by atoms with Gasteiger partial charge in [-0.25, -0.2) is 0 Å². The Hall–Kier alpha value is 0.180. The zero-order chi connectivity index (χ0) is 34.7. The molecule has 1 aromatic heterocycles. The quantitative estimate of drug-likeness (QED) is 0.0679. The van der Waals surface area contributed by atoms with E-state index in [0.717, 1.165) is 32.3 Å². The fraction of sp³-hybridized carbons (Fsp3) is 0.902. The van der Waals surface area contributed by atoms with Crippen molar-refractivity contribution in [2.75, 3.05) is 39.6 Å². The van der Waals surface area contributed by atoms with Gasteiger partial charge < -0.3 is 18.9 Å². The van der Waals surface area contributed by atoms with E-state index in [-0.39, 0.29) is 5.41 Å². The smallest absolute Gasteiger partial charge is 0.187 e. The minimum Gasteiger partial charge on any atom is -0.487 e. The molecule has 0 spiro atoms. The van der Waals surface area contributed by atoms with Gasteiger partial charge in [-0.05, 0) is 69.4 Å². The normalized spacial score (nSPS) is 15.5. The summed E-state index contributed by atoms with van der Waals surface area (Å²) in [5.74, 6) is 2.88. The standard InChI is InChI=1S/C41H74Br2O4S/c1-5-9-13-17-19-23-27-35(25-21-15-11-7-3)29-44-31-41(33-46-37-38(47-34-41)40(43)48-39(37)42)32-45-30-36(26-22-16-12-8-4)28-24-20-18-14-10-6-2/h35-36H,5-34H2,1-4H3. The van der Waals surface area contributed by atoms with E-state index < -0.39 is 0 Å². The van der Waals surface area contributed by atoms with Crippen LogP contribution in [-0.4, -0.2) is 39.6 Å². The molecule has 1 aromatic rings. The molecule has 0 N–H and O–H groups in total. The molecule has 0 amide bonds. The van der Waals surface area contributed by atoms with Crippen LogP contribution < -0.4 is 9.47 Å². The Morgan fingerprint density at radius 3 is 1.19 bits per heavy atom. The highest BCUT2D eigenvalue weighted by atomic mass is 79.9. The van der Waals surface area contributed by atoms with Gasteiger partial charge in [-0.2, -0.15) is 0 Å². The van der Waals surface area contributed by atoms with Crippen LogP contribution >= 0.6 is 43.2 Å². The van der Waals surface area contributed by atoms with Gasteiger partial charge in [0.05, 0.1) is 18.6 Å². The fourth-order valence-corrected chi connectivity index (χ4v) is 9.81. The maximum atomic E-state index is 6.68. The molecule has 0 radical (unpaired) electrons. The lowest BCUT2D eigenvalue weighted by molar-refractivity contribution is -0.0722. The fourth-order valence-electron chi connectivity index (χ4n) is 6.95. The third kappa shape index (κ3) is 19.1. The summed E-state index contributed by atoms with van der Waals surface area (Å²) >= 11 is 9.00. The van der Waals surface area contributed by atoms with Crippen LogP contribution in [0.1, 0.15) is 182 Å². The molecule has 7 heteroatoms. The molecule has 4 nitrogen and oxygen atoms in total. The number of hydrogen-bond acceptors (Lipinski definition) is 5. The van der Waals surface area contributed by atoms with Crippen LogP contribution in [0.25, 0.3) is 0 Å². The molecule has 1 aliphatic heterocycles. The summed E-state index contributed by atoms with van der Waals surface area (Å²) in [4.78, 5) is 0. The number of unbranched alkanes of at least 4 members (excludes halogenated alkanes) is 16. The van der Waals surface area contributed by atoms with Gasteiger partial charge in [-0.15, -0.1) is 11.3 Å². The van der Waals surface area contributed by atoms with Crippen LogP contribution in [0.4, 0.5) is 0 Å². The first-order valence-electron chi connectivity index (χ1n) is 20.4. The Morgan fingerprint density at radius 1 is 0.521 bits per heavy atom. The van der Waals surface area contributed by atoms with Crippen LogP contribution in [0.15, 0.2) is 7.57 Å². The van der Waals surface area contributed by atoms with Gasteiger partial charge in [0, 0.05) is 13.2 Å². The molecule has 2 rings (SSSR count). The SMILES string of the molecule is CCCCCCCCC(CCCCCC)COCC1(COCC(CCCCCC)CCCCCCCC)COc2c(Br)sc(Br)c2OC1. The Balaban J connectivity index is 2.02. The summed E-state index contributed by atoms with van der Waals surface area (Å²) < 4.78 is 28.3. The van der Waals surface area contributed by atoms with E-state index in [2.05, 4.69) is 59.6 Å². The van der Waals surface area contributed by atoms with Crippen LogP contribution in [0, 0.1) is 17.3 Å². The molecule has 0 bridgehead atoms. The van der Waals surface area contributed by atoms with Crippen molar-refractivity contribution in [2.24, 2.45) is 17.3 Å². The van der Waals surface area contributed by atoms with E-state index in [4.69, 9.17) is 18.9 Å². The molecule has 2 atom stereocenters. The molecule has 1 aliphatic rings. The summed E-state index contributed by atoms with van der Waals surface area (Å²) in [6.45, 7) is 13.2. The molecule has 2 heterocycles. The van der Waals surface area contributed by atoms with E-state index in [9.17, 15) is 0 Å². The van der Waals surface area contributed by atoms with E-state index in [1.165, 1.54) is 154 Å². The second kappa shape index (κ2) is 28.7. The Morgan fingerprint density at radius 2 is 0.833 bits per heavy atom. The van der Waals surface area contributed by atoms with Gasteiger partial charge >= 0.3 is 0 Å². The zero-order valence-electron chi connectivity index (χ0n) is 31.7. The molecule has 0 saturated carbocycles. The van der Waals surface area contributed by atoms with Crippen molar-refractivity contribution in [3.63, 3.8) is 0 Å². The van der Waals surface area contributed by atoms with Crippen LogP contribution in [-0.2, 0) is 9.47 Å². The summed E-state index contributed by atoms with van der Waals surface area (Å²) in [6.07, 6.45) is 31.9. The molecular formula is C41H74Br2O4S. The van der Waals surface area contributed by atoms with Gasteiger partial charge in [-0.1, -0.05) is 156 Å². The Kier molecular flexibility index (Phi) is 26.5. The van der Waals surface area contributed by atoms with Crippen molar-refractivity contribution >= 4 is 43.2 Å². The van der Waals surface area contributed by atoms with E-state index >= 15 is 0 Å². The van der Waals surface area contributed by atoms with Crippen LogP contribution in [0.5, 0.6) is 11.5 Å². The summed E-state index contributed by atoms with van der Waals surface area (Å²) in [6, 6.07) is 0. The molecule has 0 saturated heterocycles. The average molecular weight is 823 g/mol. The van der Waals surface area contributed by atoms with E-state index in [0.29, 0.717) is 38.3 Å². The summed E-state index contributed by atoms with van der Waals surface area (Å²) in [5, 5.41) is 0. The predicted molar refractivity (Wildman–Crippen MR) is 215 cm³/mol. The van der Waals surface area contributed by atoms with Gasteiger partial charge in [-0.3, -0.25) is 0 Å². The predicted octanol–water partition coefficient (Wildman–Crippen LogP) is 14.7. The lowest BCUT2D eigenvalue weighted by atomic mass is 9.91. The highest BCUT2D eigenvalue weighted by Gasteiger charge is 2.38. The molecule has 0 aromatic carbocycles. The molecule has 48 heavy (non-hydrogen) atoms. The maximum Gasteiger partial charge on any atom is 0.187 e. The maximum absolute atomic E-state index is 6.68. The lowest BCUT2D eigenvalue weighted by Gasteiger charge is -2.32. The molecule has 2 unspecified atom stereocenters. The van der Waals surface area contributed by atoms with Crippen molar-refractivity contribution < 1.29 is 18.9 Å². The van der Waals surface area contributed by atoms with E-state index in [1.54, 1.807) is 11.3 Å². The third-order valence-electron chi connectivity index (χ3n) is 10.2. The summed E-state index contributed by atoms with van der Waals surface area (Å²) in [5.41, 5.74) is -0.338. The first kappa shape index (κ1) is 44.3. The largest absolute Gasteiger partial charge is 0.487 e. The van der Waals surface area contributed by atoms with Crippen molar-refractivity contribution in [1.82, 2.24) is 0 Å². The van der Waals surface area contributed by atoms with E-state index in [1.807, 2.05) is 0 Å². The van der Waals surface area contributed by atoms with Crippen molar-refractivity contribution in [3.8, 4) is 11.5 Å². The number of fused-ring (bicyclic) bond motifs is 1. The topological polar surface area (TPSA) is 36.9 Å². The second-order valence-electron chi connectivity index (χ2n) is 15.0. The van der Waals surface area contributed by atoms with Gasteiger partial charge in [0.15, 0.2) is 11.5 Å². The van der Waals surface area contributed by atoms with Gasteiger partial charge in [0.25, 0.3) is 0 Å². The van der Waals surface area contributed by atoms with Crippen molar-refractivity contribution in [3.05, 3.63) is 7.57 Å². The first-order chi connectivity index (χ1) is 23.5. The summed E-state index contributed by atoms with van der Waals surface area (Å²) in [7, 11) is 0. The number of halogens is 2. The monoisotopic (exact) mass is 820 g/mol. The second-order valence-corrected chi connectivity index (χ2v) is 18.6. The van der Waals surface area contributed by atoms with Crippen LogP contribution in [0.2, 0.25) is 0 Å². The zero-order valence-corrected chi connectivity index (χ0v) is 35.7. The average Bonchev–Trinajstić information content (AvgIpc) is 3.22. The highest BCUT2D eigenvalue weighted by Crippen LogP contribution is 2.50. The number of ether oxygens (including phenoxy) is 4.